The third kappa shape index (κ3) is 5.39. The molecule has 0 aliphatic carbocycles. The SMILES string of the molecule is CC(C)CC([NH3+])C(=O)OC1COC2C(OC(=O)C([NH3+])CC(C)C)COC12. The predicted octanol–water partition coefficient (Wildman–Crippen LogP) is -1.08. The molecule has 0 saturated carbocycles. The number of esters is 2. The van der Waals surface area contributed by atoms with E-state index < -0.39 is 36.5 Å². The summed E-state index contributed by atoms with van der Waals surface area (Å²) in [5.74, 6) is 0.0506. The highest BCUT2D eigenvalue weighted by Gasteiger charge is 2.51. The summed E-state index contributed by atoms with van der Waals surface area (Å²) in [5, 5.41) is 0. The highest BCUT2D eigenvalue weighted by atomic mass is 16.7. The lowest BCUT2D eigenvalue weighted by Crippen LogP contribution is -2.66. The molecule has 0 bridgehead atoms. The van der Waals surface area contributed by atoms with Crippen LogP contribution < -0.4 is 11.5 Å². The Morgan fingerprint density at radius 2 is 1.19 bits per heavy atom. The Morgan fingerprint density at radius 1 is 0.846 bits per heavy atom. The van der Waals surface area contributed by atoms with Crippen molar-refractivity contribution < 1.29 is 40.0 Å². The van der Waals surface area contributed by atoms with Crippen LogP contribution in [-0.4, -0.2) is 61.7 Å². The van der Waals surface area contributed by atoms with Crippen LogP contribution in [0.4, 0.5) is 0 Å². The van der Waals surface area contributed by atoms with Crippen molar-refractivity contribution >= 4 is 11.9 Å². The minimum absolute atomic E-state index is 0.239. The quantitative estimate of drug-likeness (QED) is 0.521. The van der Waals surface area contributed by atoms with Crippen molar-refractivity contribution in [3.63, 3.8) is 0 Å². The molecule has 6 N–H and O–H groups in total. The maximum Gasteiger partial charge on any atom is 0.365 e. The van der Waals surface area contributed by atoms with E-state index in [1.807, 2.05) is 27.7 Å². The number of quaternary nitrogens is 2. The molecular formula is C18H34N2O6+2. The number of ether oxygens (including phenoxy) is 4. The smallest absolute Gasteiger partial charge is 0.365 e. The first-order chi connectivity index (χ1) is 12.2. The highest BCUT2D eigenvalue weighted by Crippen LogP contribution is 2.31. The maximum absolute atomic E-state index is 12.2. The van der Waals surface area contributed by atoms with Crippen molar-refractivity contribution in [3.8, 4) is 0 Å². The van der Waals surface area contributed by atoms with Gasteiger partial charge in [0.15, 0.2) is 24.3 Å². The van der Waals surface area contributed by atoms with E-state index in [0.717, 1.165) is 0 Å². The van der Waals surface area contributed by atoms with Crippen molar-refractivity contribution in [2.75, 3.05) is 13.2 Å². The molecule has 8 nitrogen and oxygen atoms in total. The molecule has 6 atom stereocenters. The van der Waals surface area contributed by atoms with E-state index in [2.05, 4.69) is 11.5 Å². The number of carbonyl (C=O) groups is 2. The number of fused-ring (bicyclic) bond motifs is 1. The third-order valence-electron chi connectivity index (χ3n) is 4.68. The molecular weight excluding hydrogens is 340 g/mol. The fraction of sp³-hybridized carbons (Fsp3) is 0.889. The van der Waals surface area contributed by atoms with Crippen LogP contribution in [0.1, 0.15) is 40.5 Å². The minimum Gasteiger partial charge on any atom is -0.453 e. The van der Waals surface area contributed by atoms with Gasteiger partial charge < -0.3 is 30.4 Å². The van der Waals surface area contributed by atoms with Gasteiger partial charge in [-0.25, -0.2) is 9.59 Å². The van der Waals surface area contributed by atoms with Gasteiger partial charge in [-0.3, -0.25) is 0 Å². The summed E-state index contributed by atoms with van der Waals surface area (Å²) in [7, 11) is 0. The Labute approximate surface area is 154 Å². The molecule has 2 aliphatic heterocycles. The van der Waals surface area contributed by atoms with E-state index in [9.17, 15) is 9.59 Å². The van der Waals surface area contributed by atoms with Gasteiger partial charge in [-0.05, 0) is 11.8 Å². The molecule has 2 heterocycles. The largest absolute Gasteiger partial charge is 0.453 e. The van der Waals surface area contributed by atoms with Gasteiger partial charge in [0, 0.05) is 12.8 Å². The Bertz CT molecular complexity index is 454. The Kier molecular flexibility index (Phi) is 7.40. The van der Waals surface area contributed by atoms with Gasteiger partial charge in [0.05, 0.1) is 13.2 Å². The molecule has 2 fully saturated rings. The molecule has 8 heteroatoms. The van der Waals surface area contributed by atoms with E-state index in [1.54, 1.807) is 0 Å². The van der Waals surface area contributed by atoms with Crippen LogP contribution in [0.2, 0.25) is 0 Å². The van der Waals surface area contributed by atoms with Gasteiger partial charge in [0.2, 0.25) is 0 Å². The molecule has 6 unspecified atom stereocenters. The zero-order valence-corrected chi connectivity index (χ0v) is 16.3. The summed E-state index contributed by atoms with van der Waals surface area (Å²) in [5.41, 5.74) is 7.74. The van der Waals surface area contributed by atoms with E-state index in [-0.39, 0.29) is 25.2 Å². The van der Waals surface area contributed by atoms with Crippen molar-refractivity contribution in [1.29, 1.82) is 0 Å². The lowest BCUT2D eigenvalue weighted by atomic mass is 10.0. The van der Waals surface area contributed by atoms with Gasteiger partial charge in [0.25, 0.3) is 0 Å². The molecule has 2 saturated heterocycles. The van der Waals surface area contributed by atoms with Crippen molar-refractivity contribution in [3.05, 3.63) is 0 Å². The normalized spacial score (nSPS) is 30.3. The predicted molar refractivity (Wildman–Crippen MR) is 91.5 cm³/mol. The monoisotopic (exact) mass is 374 g/mol. The second-order valence-electron chi connectivity index (χ2n) is 8.20. The van der Waals surface area contributed by atoms with E-state index in [0.29, 0.717) is 24.7 Å². The second-order valence-corrected chi connectivity index (χ2v) is 8.20. The van der Waals surface area contributed by atoms with E-state index >= 15 is 0 Å². The van der Waals surface area contributed by atoms with Crippen LogP contribution in [0.5, 0.6) is 0 Å². The Hall–Kier alpha value is -1.22. The van der Waals surface area contributed by atoms with Crippen LogP contribution in [0.15, 0.2) is 0 Å². The molecule has 0 amide bonds. The molecule has 150 valence electrons. The maximum atomic E-state index is 12.2. The van der Waals surface area contributed by atoms with Crippen LogP contribution in [0, 0.1) is 11.8 Å². The highest BCUT2D eigenvalue weighted by molar-refractivity contribution is 5.74. The first-order valence-electron chi connectivity index (χ1n) is 9.49. The van der Waals surface area contributed by atoms with Gasteiger partial charge in [0.1, 0.15) is 12.2 Å². The van der Waals surface area contributed by atoms with Crippen LogP contribution in [0.25, 0.3) is 0 Å². The van der Waals surface area contributed by atoms with Gasteiger partial charge in [-0.2, -0.15) is 0 Å². The van der Waals surface area contributed by atoms with Gasteiger partial charge in [-0.15, -0.1) is 0 Å². The molecule has 26 heavy (non-hydrogen) atoms. The topological polar surface area (TPSA) is 126 Å². The summed E-state index contributed by atoms with van der Waals surface area (Å²) in [4.78, 5) is 24.4. The number of hydrogen-bond donors (Lipinski definition) is 2. The molecule has 0 aromatic carbocycles. The van der Waals surface area contributed by atoms with Crippen LogP contribution >= 0.6 is 0 Å². The fourth-order valence-corrected chi connectivity index (χ4v) is 3.45. The number of rotatable bonds is 8. The average molecular weight is 374 g/mol. The van der Waals surface area contributed by atoms with E-state index in [1.165, 1.54) is 0 Å². The first-order valence-corrected chi connectivity index (χ1v) is 9.49. The van der Waals surface area contributed by atoms with Crippen LogP contribution in [-0.2, 0) is 28.5 Å². The standard InChI is InChI=1S/C18H32N2O6/c1-9(2)5-11(19)17(21)25-13-7-23-16-14(8-24-15(13)16)26-18(22)12(20)6-10(3)4/h9-16H,5-8,19-20H2,1-4H3/p+2. The summed E-state index contributed by atoms with van der Waals surface area (Å²) in [6.45, 7) is 8.62. The summed E-state index contributed by atoms with van der Waals surface area (Å²) in [6, 6.07) is -0.820. The Morgan fingerprint density at radius 3 is 1.50 bits per heavy atom. The average Bonchev–Trinajstić information content (AvgIpc) is 3.09. The third-order valence-corrected chi connectivity index (χ3v) is 4.68. The first kappa shape index (κ1) is 21.1. The zero-order valence-electron chi connectivity index (χ0n) is 16.3. The molecule has 0 radical (unpaired) electrons. The summed E-state index contributed by atoms with van der Waals surface area (Å²) in [6.07, 6.45) is -0.449. The minimum atomic E-state index is -0.487. The molecule has 0 aromatic heterocycles. The number of carbonyl (C=O) groups excluding carboxylic acids is 2. The van der Waals surface area contributed by atoms with Gasteiger partial charge in [-0.1, -0.05) is 27.7 Å². The van der Waals surface area contributed by atoms with E-state index in [4.69, 9.17) is 18.9 Å². The molecule has 2 rings (SSSR count). The zero-order chi connectivity index (χ0) is 19.4. The van der Waals surface area contributed by atoms with Gasteiger partial charge >= 0.3 is 11.9 Å². The summed E-state index contributed by atoms with van der Waals surface area (Å²) >= 11 is 0. The molecule has 0 aromatic rings. The number of hydrogen-bond acceptors (Lipinski definition) is 6. The van der Waals surface area contributed by atoms with Crippen molar-refractivity contribution in [2.24, 2.45) is 11.8 Å². The van der Waals surface area contributed by atoms with Crippen LogP contribution in [0.3, 0.4) is 0 Å². The lowest BCUT2D eigenvalue weighted by molar-refractivity contribution is -0.412. The van der Waals surface area contributed by atoms with Crippen molar-refractivity contribution in [1.82, 2.24) is 0 Å². The molecule has 0 spiro atoms. The van der Waals surface area contributed by atoms with Crippen molar-refractivity contribution in [2.45, 2.75) is 77.0 Å². The lowest BCUT2D eigenvalue weighted by Gasteiger charge is -2.19. The Balaban J connectivity index is 1.85. The summed E-state index contributed by atoms with van der Waals surface area (Å²) < 4.78 is 22.5. The molecule has 2 aliphatic rings. The second kappa shape index (κ2) is 9.12. The fourth-order valence-electron chi connectivity index (χ4n) is 3.45.